The minimum atomic E-state index is -0.111. The maximum atomic E-state index is 12.8. The van der Waals surface area contributed by atoms with Crippen molar-refractivity contribution in [1.29, 1.82) is 0 Å². The van der Waals surface area contributed by atoms with Crippen LogP contribution in [0.5, 0.6) is 0 Å². The van der Waals surface area contributed by atoms with Gasteiger partial charge in [0, 0.05) is 24.2 Å². The van der Waals surface area contributed by atoms with Crippen LogP contribution in [0.15, 0.2) is 42.6 Å². The highest BCUT2D eigenvalue weighted by Crippen LogP contribution is 2.26. The molecule has 0 bridgehead atoms. The van der Waals surface area contributed by atoms with Gasteiger partial charge in [0.1, 0.15) is 0 Å². The van der Waals surface area contributed by atoms with Crippen molar-refractivity contribution < 1.29 is 4.79 Å². The second-order valence-corrected chi connectivity index (χ2v) is 6.74. The Morgan fingerprint density at radius 2 is 1.82 bits per heavy atom. The minimum absolute atomic E-state index is 0. The summed E-state index contributed by atoms with van der Waals surface area (Å²) < 4.78 is 1.86. The number of aromatic nitrogens is 3. The average Bonchev–Trinajstić information content (AvgIpc) is 3.10. The zero-order valence-corrected chi connectivity index (χ0v) is 18.1. The summed E-state index contributed by atoms with van der Waals surface area (Å²) in [6.45, 7) is 6.68. The molecule has 3 rings (SSSR count). The number of likely N-dealkylation sites (N-methyl/N-ethyl adjacent to an activating group) is 1. The van der Waals surface area contributed by atoms with Crippen LogP contribution in [0.4, 0.5) is 0 Å². The lowest BCUT2D eigenvalue weighted by Crippen LogP contribution is -2.37. The van der Waals surface area contributed by atoms with Gasteiger partial charge in [-0.2, -0.15) is 5.10 Å². The SMILES string of the molecule is CNC(C)CNC(=O)c1cc(-c2ccccc2)nc2c1cnn2C(C)C.Cl.Cl. The summed E-state index contributed by atoms with van der Waals surface area (Å²) in [5.74, 6) is -0.111. The van der Waals surface area contributed by atoms with Crippen LogP contribution in [-0.2, 0) is 0 Å². The lowest BCUT2D eigenvalue weighted by molar-refractivity contribution is 0.0952. The Bertz CT molecular complexity index is 912. The molecular weight excluding hydrogens is 397 g/mol. The van der Waals surface area contributed by atoms with Crippen LogP contribution >= 0.6 is 24.8 Å². The van der Waals surface area contributed by atoms with Crippen molar-refractivity contribution in [3.8, 4) is 11.3 Å². The third-order valence-corrected chi connectivity index (χ3v) is 4.43. The van der Waals surface area contributed by atoms with Crippen LogP contribution < -0.4 is 10.6 Å². The van der Waals surface area contributed by atoms with E-state index in [0.717, 1.165) is 22.3 Å². The fourth-order valence-electron chi connectivity index (χ4n) is 2.78. The normalized spacial score (nSPS) is 11.6. The Kier molecular flexibility index (Phi) is 8.88. The number of fused-ring (bicyclic) bond motifs is 1. The zero-order valence-electron chi connectivity index (χ0n) is 16.5. The molecule has 2 N–H and O–H groups in total. The molecule has 152 valence electrons. The van der Waals surface area contributed by atoms with Crippen LogP contribution in [0, 0.1) is 0 Å². The van der Waals surface area contributed by atoms with E-state index in [1.54, 1.807) is 6.20 Å². The molecule has 0 radical (unpaired) electrons. The zero-order chi connectivity index (χ0) is 18.7. The molecule has 0 spiro atoms. The quantitative estimate of drug-likeness (QED) is 0.631. The molecule has 0 fully saturated rings. The van der Waals surface area contributed by atoms with Crippen LogP contribution in [-0.4, -0.2) is 40.3 Å². The van der Waals surface area contributed by atoms with Crippen LogP contribution in [0.2, 0.25) is 0 Å². The van der Waals surface area contributed by atoms with E-state index in [1.165, 1.54) is 0 Å². The van der Waals surface area contributed by atoms with E-state index in [-0.39, 0.29) is 42.8 Å². The Hall–Kier alpha value is -2.15. The summed E-state index contributed by atoms with van der Waals surface area (Å²) in [6, 6.07) is 12.1. The van der Waals surface area contributed by atoms with Gasteiger partial charge in [-0.15, -0.1) is 24.8 Å². The van der Waals surface area contributed by atoms with E-state index in [2.05, 4.69) is 29.6 Å². The number of hydrogen-bond donors (Lipinski definition) is 2. The van der Waals surface area contributed by atoms with E-state index in [1.807, 2.05) is 55.1 Å². The number of rotatable bonds is 6. The van der Waals surface area contributed by atoms with Crippen molar-refractivity contribution in [2.45, 2.75) is 32.9 Å². The number of carbonyl (C=O) groups is 1. The predicted molar refractivity (Wildman–Crippen MR) is 119 cm³/mol. The number of halogens is 2. The molecule has 2 aromatic heterocycles. The van der Waals surface area contributed by atoms with Gasteiger partial charge in [0.25, 0.3) is 5.91 Å². The van der Waals surface area contributed by atoms with Gasteiger partial charge < -0.3 is 10.6 Å². The van der Waals surface area contributed by atoms with Gasteiger partial charge in [-0.05, 0) is 33.9 Å². The molecule has 2 heterocycles. The molecule has 6 nitrogen and oxygen atoms in total. The maximum Gasteiger partial charge on any atom is 0.252 e. The van der Waals surface area contributed by atoms with E-state index in [4.69, 9.17) is 4.98 Å². The summed E-state index contributed by atoms with van der Waals surface area (Å²) >= 11 is 0. The number of carbonyl (C=O) groups excluding carboxylic acids is 1. The monoisotopic (exact) mass is 423 g/mol. The molecule has 1 aromatic carbocycles. The van der Waals surface area contributed by atoms with E-state index < -0.39 is 0 Å². The molecule has 8 heteroatoms. The highest BCUT2D eigenvalue weighted by Gasteiger charge is 2.18. The van der Waals surface area contributed by atoms with Gasteiger partial charge in [-0.25, -0.2) is 9.67 Å². The molecule has 0 aliphatic heterocycles. The van der Waals surface area contributed by atoms with Crippen molar-refractivity contribution in [3.05, 3.63) is 48.2 Å². The first-order valence-corrected chi connectivity index (χ1v) is 8.90. The van der Waals surface area contributed by atoms with Gasteiger partial charge in [-0.1, -0.05) is 30.3 Å². The van der Waals surface area contributed by atoms with Gasteiger partial charge >= 0.3 is 0 Å². The Morgan fingerprint density at radius 3 is 2.43 bits per heavy atom. The Morgan fingerprint density at radius 1 is 1.14 bits per heavy atom. The highest BCUT2D eigenvalue weighted by molar-refractivity contribution is 6.06. The molecule has 0 aliphatic rings. The van der Waals surface area contributed by atoms with Gasteiger partial charge in [-0.3, -0.25) is 4.79 Å². The molecule has 1 unspecified atom stereocenters. The maximum absolute atomic E-state index is 12.8. The standard InChI is InChI=1S/C20H25N5O.2ClH/c1-13(2)25-19-17(12-23-25)16(20(26)22-11-14(3)21-4)10-18(24-19)15-8-6-5-7-9-15;;/h5-10,12-14,21H,11H2,1-4H3,(H,22,26);2*1H. The second-order valence-electron chi connectivity index (χ2n) is 6.74. The largest absolute Gasteiger partial charge is 0.350 e. The first kappa shape index (κ1) is 23.9. The van der Waals surface area contributed by atoms with Crippen LogP contribution in [0.1, 0.15) is 37.2 Å². The van der Waals surface area contributed by atoms with Gasteiger partial charge in [0.2, 0.25) is 0 Å². The smallest absolute Gasteiger partial charge is 0.252 e. The van der Waals surface area contributed by atoms with E-state index in [0.29, 0.717) is 12.1 Å². The molecule has 1 amide bonds. The predicted octanol–water partition coefficient (Wildman–Crippen LogP) is 3.86. The number of benzene rings is 1. The molecule has 0 aliphatic carbocycles. The fraction of sp³-hybridized carbons (Fsp3) is 0.350. The third-order valence-electron chi connectivity index (χ3n) is 4.43. The van der Waals surface area contributed by atoms with Gasteiger partial charge in [0.05, 0.1) is 22.8 Å². The van der Waals surface area contributed by atoms with Crippen molar-refractivity contribution in [2.75, 3.05) is 13.6 Å². The Labute approximate surface area is 177 Å². The summed E-state index contributed by atoms with van der Waals surface area (Å²) in [5, 5.41) is 11.3. The average molecular weight is 424 g/mol. The van der Waals surface area contributed by atoms with Crippen LogP contribution in [0.3, 0.4) is 0 Å². The molecule has 3 aromatic rings. The number of nitrogens with zero attached hydrogens (tertiary/aromatic N) is 3. The number of amides is 1. The molecule has 0 saturated carbocycles. The molecular formula is C20H27Cl2N5O. The third kappa shape index (κ3) is 5.01. The lowest BCUT2D eigenvalue weighted by atomic mass is 10.1. The Balaban J connectivity index is 0.00000196. The summed E-state index contributed by atoms with van der Waals surface area (Å²) in [7, 11) is 1.88. The van der Waals surface area contributed by atoms with Crippen molar-refractivity contribution >= 4 is 41.8 Å². The first-order chi connectivity index (χ1) is 12.5. The topological polar surface area (TPSA) is 71.8 Å². The first-order valence-electron chi connectivity index (χ1n) is 8.90. The van der Waals surface area contributed by atoms with E-state index >= 15 is 0 Å². The van der Waals surface area contributed by atoms with Crippen LogP contribution in [0.25, 0.3) is 22.3 Å². The van der Waals surface area contributed by atoms with Crippen molar-refractivity contribution in [3.63, 3.8) is 0 Å². The fourth-order valence-corrected chi connectivity index (χ4v) is 2.78. The number of hydrogen-bond acceptors (Lipinski definition) is 4. The van der Waals surface area contributed by atoms with Crippen molar-refractivity contribution in [1.82, 2.24) is 25.4 Å². The van der Waals surface area contributed by atoms with Crippen molar-refractivity contribution in [2.24, 2.45) is 0 Å². The minimum Gasteiger partial charge on any atom is -0.350 e. The molecule has 28 heavy (non-hydrogen) atoms. The number of nitrogens with one attached hydrogen (secondary N) is 2. The lowest BCUT2D eigenvalue weighted by Gasteiger charge is -2.13. The molecule has 0 saturated heterocycles. The summed E-state index contributed by atoms with van der Waals surface area (Å²) in [5.41, 5.74) is 3.08. The van der Waals surface area contributed by atoms with E-state index in [9.17, 15) is 4.79 Å². The summed E-state index contributed by atoms with van der Waals surface area (Å²) in [6.07, 6.45) is 1.73. The highest BCUT2D eigenvalue weighted by atomic mass is 35.5. The summed E-state index contributed by atoms with van der Waals surface area (Å²) in [4.78, 5) is 17.6. The second kappa shape index (κ2) is 10.4. The molecule has 1 atom stereocenters. The van der Waals surface area contributed by atoms with Gasteiger partial charge in [0.15, 0.2) is 5.65 Å². The number of pyridine rings is 1.